The summed E-state index contributed by atoms with van der Waals surface area (Å²) in [5, 5.41) is 4.48. The second-order valence-corrected chi connectivity index (χ2v) is 15.4. The minimum absolute atomic E-state index is 0.109. The Hall–Kier alpha value is -3.19. The standard InChI is InChI=1S/C44H52N/c1-7-29(8-2)33-24-34(30(9-3)10-4)27-44(26-33)37-20-19-31-15-13-17-36-40(31)41(37)42-38(43(36)21-11-12-22-43)25-35-32(23-28(5)6)16-14-18-39(35)45(42)44/h13-20,24-26,28-30H,7-12,21-23,27H2,1-6H3/q+1. The average molecular weight is 595 g/mol. The maximum absolute atomic E-state index is 2.93. The molecule has 1 unspecified atom stereocenters. The van der Waals surface area contributed by atoms with Crippen molar-refractivity contribution >= 4 is 21.7 Å². The molecule has 1 aromatic heterocycles. The van der Waals surface area contributed by atoms with E-state index in [0.717, 1.165) is 12.8 Å². The first-order valence-corrected chi connectivity index (χ1v) is 18.4. The zero-order valence-corrected chi connectivity index (χ0v) is 28.6. The molecule has 0 bridgehead atoms. The van der Waals surface area contributed by atoms with E-state index in [2.05, 4.69) is 113 Å². The lowest BCUT2D eigenvalue weighted by atomic mass is 9.65. The van der Waals surface area contributed by atoms with Crippen molar-refractivity contribution in [3.05, 3.63) is 100 Å². The molecule has 2 spiro atoms. The highest BCUT2D eigenvalue weighted by Gasteiger charge is 2.59. The van der Waals surface area contributed by atoms with Crippen LogP contribution < -0.4 is 4.57 Å². The largest absolute Gasteiger partial charge is 0.219 e. The minimum Gasteiger partial charge on any atom is -0.177 e. The van der Waals surface area contributed by atoms with Crippen molar-refractivity contribution in [2.45, 2.75) is 117 Å². The summed E-state index contributed by atoms with van der Waals surface area (Å²) in [5.41, 5.74) is 14.0. The second kappa shape index (κ2) is 10.7. The van der Waals surface area contributed by atoms with Crippen molar-refractivity contribution in [3.63, 3.8) is 0 Å². The van der Waals surface area contributed by atoms with Gasteiger partial charge in [-0.2, -0.15) is 4.57 Å². The molecule has 2 heterocycles. The lowest BCUT2D eigenvalue weighted by molar-refractivity contribution is -0.703. The van der Waals surface area contributed by atoms with Crippen LogP contribution in [0.1, 0.15) is 122 Å². The monoisotopic (exact) mass is 594 g/mol. The van der Waals surface area contributed by atoms with Gasteiger partial charge in [0.1, 0.15) is 0 Å². The molecule has 232 valence electrons. The molecule has 1 saturated carbocycles. The number of aromatic nitrogens is 1. The van der Waals surface area contributed by atoms with Gasteiger partial charge in [-0.1, -0.05) is 108 Å². The Kier molecular flexibility index (Phi) is 6.94. The van der Waals surface area contributed by atoms with Crippen LogP contribution in [-0.2, 0) is 17.4 Å². The smallest absolute Gasteiger partial charge is 0.177 e. The first kappa shape index (κ1) is 29.2. The van der Waals surface area contributed by atoms with Gasteiger partial charge in [0.15, 0.2) is 0 Å². The van der Waals surface area contributed by atoms with E-state index < -0.39 is 0 Å². The Morgan fingerprint density at radius 2 is 1.51 bits per heavy atom. The Morgan fingerprint density at radius 3 is 2.22 bits per heavy atom. The predicted molar refractivity (Wildman–Crippen MR) is 191 cm³/mol. The van der Waals surface area contributed by atoms with Crippen LogP contribution in [0, 0.1) is 17.8 Å². The molecule has 0 N–H and O–H groups in total. The van der Waals surface area contributed by atoms with Crippen LogP contribution in [0.2, 0.25) is 0 Å². The van der Waals surface area contributed by atoms with Gasteiger partial charge in [0.05, 0.1) is 5.56 Å². The van der Waals surface area contributed by atoms with Crippen LogP contribution in [0.4, 0.5) is 0 Å². The van der Waals surface area contributed by atoms with Gasteiger partial charge in [-0.25, -0.2) is 0 Å². The van der Waals surface area contributed by atoms with Crippen molar-refractivity contribution in [1.82, 2.24) is 0 Å². The highest BCUT2D eigenvalue weighted by molar-refractivity contribution is 6.05. The molecule has 4 aromatic rings. The third-order valence-corrected chi connectivity index (χ3v) is 12.6. The van der Waals surface area contributed by atoms with Gasteiger partial charge in [0, 0.05) is 39.8 Å². The number of hydrogen-bond donors (Lipinski definition) is 0. The Balaban J connectivity index is 1.56. The van der Waals surface area contributed by atoms with E-state index in [1.165, 1.54) is 73.2 Å². The van der Waals surface area contributed by atoms with Gasteiger partial charge in [-0.05, 0) is 96.9 Å². The summed E-state index contributed by atoms with van der Waals surface area (Å²) in [4.78, 5) is 0. The van der Waals surface area contributed by atoms with Crippen molar-refractivity contribution < 1.29 is 4.57 Å². The fourth-order valence-corrected chi connectivity index (χ4v) is 10.6. The van der Waals surface area contributed by atoms with Gasteiger partial charge < -0.3 is 0 Å². The quantitative estimate of drug-likeness (QED) is 0.179. The predicted octanol–water partition coefficient (Wildman–Crippen LogP) is 11.5. The lowest BCUT2D eigenvalue weighted by Gasteiger charge is -2.36. The fourth-order valence-electron chi connectivity index (χ4n) is 10.6. The molecule has 0 radical (unpaired) electrons. The molecule has 1 atom stereocenters. The number of fused-ring (bicyclic) bond motifs is 6. The SMILES string of the molecule is CCC(CC)C1=CC2(CC(C(CC)CC)=C1)c1ccc3cccc4c3c1-c1c(cc3c(CC(C)C)cccc3[n+]12)C41CCCC1. The lowest BCUT2D eigenvalue weighted by Crippen LogP contribution is -2.56. The van der Waals surface area contributed by atoms with E-state index in [-0.39, 0.29) is 11.0 Å². The summed E-state index contributed by atoms with van der Waals surface area (Å²) in [6.45, 7) is 14.4. The Morgan fingerprint density at radius 1 is 0.778 bits per heavy atom. The first-order valence-electron chi connectivity index (χ1n) is 18.4. The molecule has 8 rings (SSSR count). The molecule has 45 heavy (non-hydrogen) atoms. The van der Waals surface area contributed by atoms with Gasteiger partial charge in [-0.3, -0.25) is 0 Å². The van der Waals surface area contributed by atoms with Gasteiger partial charge in [0.2, 0.25) is 16.7 Å². The number of hydrogen-bond acceptors (Lipinski definition) is 0. The average Bonchev–Trinajstić information content (AvgIpc) is 3.64. The molecule has 1 fully saturated rings. The van der Waals surface area contributed by atoms with Crippen molar-refractivity contribution in [1.29, 1.82) is 0 Å². The van der Waals surface area contributed by atoms with E-state index >= 15 is 0 Å². The van der Waals surface area contributed by atoms with Crippen molar-refractivity contribution in [3.8, 4) is 11.3 Å². The molecule has 0 amide bonds. The number of nitrogens with zero attached hydrogens (tertiary/aromatic N) is 1. The summed E-state index contributed by atoms with van der Waals surface area (Å²) in [6.07, 6.45) is 17.6. The number of benzene rings is 3. The summed E-state index contributed by atoms with van der Waals surface area (Å²) in [5.74, 6) is 1.84. The Labute approximate surface area is 271 Å². The van der Waals surface area contributed by atoms with Crippen LogP contribution in [-0.4, -0.2) is 0 Å². The van der Waals surface area contributed by atoms with Crippen LogP contribution >= 0.6 is 0 Å². The van der Waals surface area contributed by atoms with E-state index in [4.69, 9.17) is 0 Å². The van der Waals surface area contributed by atoms with Crippen molar-refractivity contribution in [2.24, 2.45) is 17.8 Å². The molecule has 1 heteroatoms. The van der Waals surface area contributed by atoms with Crippen LogP contribution in [0.5, 0.6) is 0 Å². The maximum Gasteiger partial charge on any atom is 0.219 e. The van der Waals surface area contributed by atoms with Crippen molar-refractivity contribution in [2.75, 3.05) is 0 Å². The molecular formula is C44H52N+. The van der Waals surface area contributed by atoms with E-state index in [0.29, 0.717) is 17.8 Å². The topological polar surface area (TPSA) is 3.88 Å². The highest BCUT2D eigenvalue weighted by atomic mass is 15.1. The molecule has 3 aromatic carbocycles. The van der Waals surface area contributed by atoms with Crippen LogP contribution in [0.15, 0.2) is 77.9 Å². The van der Waals surface area contributed by atoms with Gasteiger partial charge >= 0.3 is 0 Å². The van der Waals surface area contributed by atoms with Crippen LogP contribution in [0.25, 0.3) is 32.9 Å². The minimum atomic E-state index is -0.203. The summed E-state index contributed by atoms with van der Waals surface area (Å²) in [7, 11) is 0. The first-order chi connectivity index (χ1) is 21.9. The van der Waals surface area contributed by atoms with Gasteiger partial charge in [-0.15, -0.1) is 0 Å². The molecule has 3 aliphatic carbocycles. The molecule has 0 saturated heterocycles. The second-order valence-electron chi connectivity index (χ2n) is 15.4. The summed E-state index contributed by atoms with van der Waals surface area (Å²) >= 11 is 0. The van der Waals surface area contributed by atoms with E-state index in [1.54, 1.807) is 44.5 Å². The number of pyridine rings is 1. The molecule has 1 nitrogen and oxygen atoms in total. The zero-order valence-electron chi connectivity index (χ0n) is 28.6. The third kappa shape index (κ3) is 3.95. The number of rotatable bonds is 8. The molecular weight excluding hydrogens is 542 g/mol. The maximum atomic E-state index is 2.93. The third-order valence-electron chi connectivity index (χ3n) is 12.6. The summed E-state index contributed by atoms with van der Waals surface area (Å²) < 4.78 is 2.93. The molecule has 4 aliphatic rings. The van der Waals surface area contributed by atoms with E-state index in [9.17, 15) is 0 Å². The molecule has 1 aliphatic heterocycles. The normalized spacial score (nSPS) is 20.9. The van der Waals surface area contributed by atoms with Crippen LogP contribution in [0.3, 0.4) is 0 Å². The van der Waals surface area contributed by atoms with Gasteiger partial charge in [0.25, 0.3) is 0 Å². The fraction of sp³-hybridized carbons (Fsp3) is 0.477. The highest BCUT2D eigenvalue weighted by Crippen LogP contribution is 2.61. The zero-order chi connectivity index (χ0) is 31.1. The number of allylic oxidation sites excluding steroid dienone is 4. The summed E-state index contributed by atoms with van der Waals surface area (Å²) in [6, 6.07) is 22.2. The van der Waals surface area contributed by atoms with E-state index in [1.807, 2.05) is 0 Å². The Bertz CT molecular complexity index is 1890.